The second kappa shape index (κ2) is 6.36. The number of thioether (sulfide) groups is 1. The smallest absolute Gasteiger partial charge is 0.212 e. The van der Waals surface area contributed by atoms with Crippen LogP contribution in [0, 0.1) is 0 Å². The molecule has 2 rings (SSSR count). The SMILES string of the molecule is O=S(=O)(CCC(F)(F)F)N1CCSC1c1cccc(Cl)c1. The molecule has 1 saturated heterocycles. The van der Waals surface area contributed by atoms with Gasteiger partial charge in [-0.25, -0.2) is 8.42 Å². The third kappa shape index (κ3) is 4.51. The maximum absolute atomic E-state index is 12.2. The van der Waals surface area contributed by atoms with Crippen molar-refractivity contribution < 1.29 is 21.6 Å². The molecule has 1 aliphatic heterocycles. The average molecular weight is 360 g/mol. The van der Waals surface area contributed by atoms with Gasteiger partial charge in [-0.1, -0.05) is 23.7 Å². The maximum Gasteiger partial charge on any atom is 0.390 e. The molecule has 0 aromatic heterocycles. The molecule has 1 fully saturated rings. The molecule has 3 nitrogen and oxygen atoms in total. The van der Waals surface area contributed by atoms with Crippen molar-refractivity contribution in [1.29, 1.82) is 0 Å². The van der Waals surface area contributed by atoms with E-state index in [1.165, 1.54) is 11.8 Å². The molecule has 0 bridgehead atoms. The topological polar surface area (TPSA) is 37.4 Å². The Morgan fingerprint density at radius 2 is 2.10 bits per heavy atom. The van der Waals surface area contributed by atoms with Crippen LogP contribution >= 0.6 is 23.4 Å². The Morgan fingerprint density at radius 3 is 2.71 bits per heavy atom. The van der Waals surface area contributed by atoms with Crippen LogP contribution in [0.3, 0.4) is 0 Å². The molecule has 0 amide bonds. The zero-order valence-electron chi connectivity index (χ0n) is 10.8. The Hall–Kier alpha value is -0.440. The molecule has 0 N–H and O–H groups in total. The molecule has 118 valence electrons. The normalized spacial score (nSPS) is 20.9. The quantitative estimate of drug-likeness (QED) is 0.823. The minimum absolute atomic E-state index is 0.210. The van der Waals surface area contributed by atoms with Crippen molar-refractivity contribution >= 4 is 33.4 Å². The van der Waals surface area contributed by atoms with E-state index in [0.717, 1.165) is 4.31 Å². The lowest BCUT2D eigenvalue weighted by Gasteiger charge is -2.24. The van der Waals surface area contributed by atoms with Crippen LogP contribution in [0.25, 0.3) is 0 Å². The van der Waals surface area contributed by atoms with Crippen molar-refractivity contribution in [2.45, 2.75) is 18.0 Å². The first kappa shape index (κ1) is 16.9. The van der Waals surface area contributed by atoms with Crippen molar-refractivity contribution in [3.8, 4) is 0 Å². The molecule has 1 unspecified atom stereocenters. The summed E-state index contributed by atoms with van der Waals surface area (Å²) in [6, 6.07) is 6.71. The van der Waals surface area contributed by atoms with Gasteiger partial charge in [0.15, 0.2) is 0 Å². The van der Waals surface area contributed by atoms with E-state index < -0.39 is 33.7 Å². The van der Waals surface area contributed by atoms with Crippen LogP contribution in [-0.4, -0.2) is 36.9 Å². The van der Waals surface area contributed by atoms with E-state index in [4.69, 9.17) is 11.6 Å². The molecular formula is C12H13ClF3NO2S2. The van der Waals surface area contributed by atoms with Crippen LogP contribution in [0.2, 0.25) is 5.02 Å². The maximum atomic E-state index is 12.2. The Bertz CT molecular complexity index is 607. The summed E-state index contributed by atoms with van der Waals surface area (Å²) < 4.78 is 62.1. The van der Waals surface area contributed by atoms with Crippen molar-refractivity contribution in [2.24, 2.45) is 0 Å². The Labute approximate surface area is 130 Å². The minimum atomic E-state index is -4.48. The molecule has 1 aromatic rings. The summed E-state index contributed by atoms with van der Waals surface area (Å²) in [6.45, 7) is 0.210. The van der Waals surface area contributed by atoms with Gasteiger partial charge in [-0.15, -0.1) is 11.8 Å². The lowest BCUT2D eigenvalue weighted by molar-refractivity contribution is -0.130. The monoisotopic (exact) mass is 359 g/mol. The average Bonchev–Trinajstić information content (AvgIpc) is 2.86. The van der Waals surface area contributed by atoms with Gasteiger partial charge in [0.2, 0.25) is 10.0 Å². The number of benzene rings is 1. The van der Waals surface area contributed by atoms with E-state index in [2.05, 4.69) is 0 Å². The van der Waals surface area contributed by atoms with Crippen LogP contribution in [0.5, 0.6) is 0 Å². The molecular weight excluding hydrogens is 347 g/mol. The number of sulfonamides is 1. The van der Waals surface area contributed by atoms with Gasteiger partial charge in [0.05, 0.1) is 17.5 Å². The van der Waals surface area contributed by atoms with E-state index in [1.54, 1.807) is 24.3 Å². The van der Waals surface area contributed by atoms with Crippen molar-refractivity contribution in [2.75, 3.05) is 18.1 Å². The lowest BCUT2D eigenvalue weighted by atomic mass is 10.2. The van der Waals surface area contributed by atoms with E-state index in [1.807, 2.05) is 0 Å². The second-order valence-corrected chi connectivity index (χ2v) is 8.24. The third-order valence-corrected chi connectivity index (χ3v) is 6.44. The van der Waals surface area contributed by atoms with Gasteiger partial charge < -0.3 is 0 Å². The van der Waals surface area contributed by atoms with Gasteiger partial charge in [-0.05, 0) is 17.7 Å². The van der Waals surface area contributed by atoms with Crippen LogP contribution in [-0.2, 0) is 10.0 Å². The number of alkyl halides is 3. The number of halogens is 4. The Balaban J connectivity index is 2.18. The molecule has 0 aliphatic carbocycles. The van der Waals surface area contributed by atoms with Gasteiger partial charge in [0, 0.05) is 17.3 Å². The van der Waals surface area contributed by atoms with E-state index in [9.17, 15) is 21.6 Å². The van der Waals surface area contributed by atoms with Crippen LogP contribution in [0.4, 0.5) is 13.2 Å². The minimum Gasteiger partial charge on any atom is -0.212 e. The number of rotatable bonds is 4. The summed E-state index contributed by atoms with van der Waals surface area (Å²) in [7, 11) is -3.95. The second-order valence-electron chi connectivity index (χ2n) is 4.57. The molecule has 21 heavy (non-hydrogen) atoms. The highest BCUT2D eigenvalue weighted by molar-refractivity contribution is 8.00. The zero-order valence-corrected chi connectivity index (χ0v) is 13.2. The predicted octanol–water partition coefficient (Wildman–Crippen LogP) is 3.67. The van der Waals surface area contributed by atoms with Gasteiger partial charge in [0.1, 0.15) is 0 Å². The van der Waals surface area contributed by atoms with Crippen molar-refractivity contribution in [3.63, 3.8) is 0 Å². The summed E-state index contributed by atoms with van der Waals surface area (Å²) in [5, 5.41) is -0.0467. The summed E-state index contributed by atoms with van der Waals surface area (Å²) >= 11 is 7.26. The highest BCUT2D eigenvalue weighted by Crippen LogP contribution is 2.40. The fourth-order valence-electron chi connectivity index (χ4n) is 2.02. The van der Waals surface area contributed by atoms with Gasteiger partial charge in [-0.2, -0.15) is 17.5 Å². The van der Waals surface area contributed by atoms with Gasteiger partial charge in [0.25, 0.3) is 0 Å². The molecule has 1 heterocycles. The standard InChI is InChI=1S/C12H13ClF3NO2S2/c13-10-3-1-2-9(8-10)11-17(5-6-20-11)21(18,19)7-4-12(14,15)16/h1-3,8,11H,4-7H2. The number of nitrogens with zero attached hydrogens (tertiary/aromatic N) is 1. The summed E-state index contributed by atoms with van der Waals surface area (Å²) in [4.78, 5) is 0. The fourth-order valence-corrected chi connectivity index (χ4v) is 5.56. The van der Waals surface area contributed by atoms with E-state index in [0.29, 0.717) is 16.3 Å². The van der Waals surface area contributed by atoms with Crippen LogP contribution in [0.1, 0.15) is 17.4 Å². The molecule has 0 radical (unpaired) electrons. The third-order valence-electron chi connectivity index (χ3n) is 2.98. The first-order valence-corrected chi connectivity index (χ1v) is 9.16. The first-order valence-electron chi connectivity index (χ1n) is 6.12. The van der Waals surface area contributed by atoms with Crippen molar-refractivity contribution in [1.82, 2.24) is 4.31 Å². The molecule has 1 atom stereocenters. The highest BCUT2D eigenvalue weighted by atomic mass is 35.5. The molecule has 9 heteroatoms. The lowest BCUT2D eigenvalue weighted by Crippen LogP contribution is -2.34. The largest absolute Gasteiger partial charge is 0.390 e. The zero-order chi connectivity index (χ0) is 15.7. The predicted molar refractivity (Wildman–Crippen MR) is 77.8 cm³/mol. The summed E-state index contributed by atoms with van der Waals surface area (Å²) in [5.41, 5.74) is 0.681. The number of hydrogen-bond donors (Lipinski definition) is 0. The first-order chi connectivity index (χ1) is 9.69. The number of hydrogen-bond acceptors (Lipinski definition) is 3. The Morgan fingerprint density at radius 1 is 1.38 bits per heavy atom. The van der Waals surface area contributed by atoms with Gasteiger partial charge >= 0.3 is 6.18 Å². The van der Waals surface area contributed by atoms with Crippen molar-refractivity contribution in [3.05, 3.63) is 34.9 Å². The fraction of sp³-hybridized carbons (Fsp3) is 0.500. The molecule has 1 aliphatic rings. The van der Waals surface area contributed by atoms with Gasteiger partial charge in [-0.3, -0.25) is 0 Å². The molecule has 1 aromatic carbocycles. The molecule has 0 spiro atoms. The highest BCUT2D eigenvalue weighted by Gasteiger charge is 2.38. The summed E-state index contributed by atoms with van der Waals surface area (Å²) in [5.74, 6) is -0.378. The van der Waals surface area contributed by atoms with Crippen LogP contribution in [0.15, 0.2) is 24.3 Å². The van der Waals surface area contributed by atoms with E-state index in [-0.39, 0.29) is 6.54 Å². The summed E-state index contributed by atoms with van der Waals surface area (Å²) in [6.07, 6.45) is -5.82. The Kier molecular flexibility index (Phi) is 5.12. The molecule has 0 saturated carbocycles. The van der Waals surface area contributed by atoms with E-state index >= 15 is 0 Å². The van der Waals surface area contributed by atoms with Crippen LogP contribution < -0.4 is 0 Å².